The zero-order valence-electron chi connectivity index (χ0n) is 10.4. The van der Waals surface area contributed by atoms with Gasteiger partial charge in [0.25, 0.3) is 6.43 Å². The molecule has 2 rings (SSSR count). The van der Waals surface area contributed by atoms with Gasteiger partial charge in [0, 0.05) is 5.69 Å². The fraction of sp³-hybridized carbons (Fsp3) is 0.385. The van der Waals surface area contributed by atoms with E-state index in [0.717, 1.165) is 0 Å². The average Bonchev–Trinajstić information content (AvgIpc) is 3.19. The maximum Gasteiger partial charge on any atom is 0.319 e. The molecule has 0 heterocycles. The smallest absolute Gasteiger partial charge is 0.319 e. The van der Waals surface area contributed by atoms with Crippen molar-refractivity contribution in [3.05, 3.63) is 24.3 Å². The molecule has 5 nitrogen and oxygen atoms in total. The monoisotopic (exact) mass is 285 g/mol. The second-order valence-corrected chi connectivity index (χ2v) is 4.57. The maximum atomic E-state index is 11.9. The van der Waals surface area contributed by atoms with Crippen molar-refractivity contribution in [1.29, 1.82) is 0 Å². The highest BCUT2D eigenvalue weighted by Gasteiger charge is 2.57. The average molecular weight is 285 g/mol. The summed E-state index contributed by atoms with van der Waals surface area (Å²) in [5.74, 6) is -1.44. The van der Waals surface area contributed by atoms with Gasteiger partial charge in [-0.25, -0.2) is 8.78 Å². The highest BCUT2D eigenvalue weighted by atomic mass is 19.3. The Morgan fingerprint density at radius 3 is 2.35 bits per heavy atom. The number of nitrogens with one attached hydrogen (secondary N) is 1. The number of carboxylic acid groups (broad SMARTS) is 1. The number of amides is 1. The number of rotatable bonds is 6. The zero-order valence-corrected chi connectivity index (χ0v) is 10.4. The largest absolute Gasteiger partial charge is 0.488 e. The van der Waals surface area contributed by atoms with Crippen LogP contribution in [0.1, 0.15) is 12.8 Å². The van der Waals surface area contributed by atoms with Gasteiger partial charge < -0.3 is 15.2 Å². The third-order valence-corrected chi connectivity index (χ3v) is 3.08. The summed E-state index contributed by atoms with van der Waals surface area (Å²) in [6.07, 6.45) is -1.91. The molecule has 1 aliphatic rings. The predicted molar refractivity (Wildman–Crippen MR) is 65.9 cm³/mol. The first kappa shape index (κ1) is 14.2. The van der Waals surface area contributed by atoms with Crippen molar-refractivity contribution in [2.45, 2.75) is 19.3 Å². The molecule has 0 aromatic heterocycles. The van der Waals surface area contributed by atoms with Gasteiger partial charge in [-0.3, -0.25) is 9.59 Å². The summed E-state index contributed by atoms with van der Waals surface area (Å²) in [6.45, 7) is -0.701. The zero-order chi connectivity index (χ0) is 14.8. The molecule has 2 N–H and O–H groups in total. The molecule has 1 saturated carbocycles. The van der Waals surface area contributed by atoms with Crippen LogP contribution in [0.2, 0.25) is 0 Å². The lowest BCUT2D eigenvalue weighted by atomic mass is 10.1. The van der Waals surface area contributed by atoms with Gasteiger partial charge in [-0.1, -0.05) is 0 Å². The Bertz CT molecular complexity index is 512. The molecule has 1 amide bonds. The third kappa shape index (κ3) is 3.04. The van der Waals surface area contributed by atoms with Gasteiger partial charge in [-0.05, 0) is 37.1 Å². The fourth-order valence-electron chi connectivity index (χ4n) is 1.71. The molecule has 1 aliphatic carbocycles. The Labute approximate surface area is 113 Å². The minimum Gasteiger partial charge on any atom is -0.488 e. The van der Waals surface area contributed by atoms with Crippen LogP contribution in [0.3, 0.4) is 0 Å². The van der Waals surface area contributed by atoms with Crippen molar-refractivity contribution in [3.8, 4) is 5.75 Å². The number of carbonyl (C=O) groups excluding carboxylic acids is 1. The highest BCUT2D eigenvalue weighted by molar-refractivity contribution is 6.10. The molecule has 0 atom stereocenters. The number of ether oxygens (including phenoxy) is 1. The minimum absolute atomic E-state index is 0.252. The number of carbonyl (C=O) groups is 2. The molecule has 0 radical (unpaired) electrons. The Morgan fingerprint density at radius 2 is 1.90 bits per heavy atom. The van der Waals surface area contributed by atoms with E-state index in [4.69, 9.17) is 9.84 Å². The molecule has 0 aliphatic heterocycles. The molecule has 20 heavy (non-hydrogen) atoms. The third-order valence-electron chi connectivity index (χ3n) is 3.08. The van der Waals surface area contributed by atoms with Crippen LogP contribution >= 0.6 is 0 Å². The Hall–Kier alpha value is -2.18. The molecule has 1 fully saturated rings. The van der Waals surface area contributed by atoms with Gasteiger partial charge in [0.1, 0.15) is 17.8 Å². The standard InChI is InChI=1S/C13H13F2NO4/c14-10(15)7-20-9-3-1-8(2-4-9)16-11(17)13(5-6-13)12(18)19/h1-4,10H,5-7H2,(H,16,17)(H,18,19). The second kappa shape index (κ2) is 5.44. The van der Waals surface area contributed by atoms with Gasteiger partial charge in [0.05, 0.1) is 0 Å². The van der Waals surface area contributed by atoms with Crippen LogP contribution in [0.4, 0.5) is 14.5 Å². The van der Waals surface area contributed by atoms with Crippen molar-refractivity contribution >= 4 is 17.6 Å². The first-order valence-electron chi connectivity index (χ1n) is 6.00. The number of carboxylic acids is 1. The van der Waals surface area contributed by atoms with Gasteiger partial charge >= 0.3 is 5.97 Å². The number of anilines is 1. The van der Waals surface area contributed by atoms with E-state index in [1.165, 1.54) is 24.3 Å². The fourth-order valence-corrected chi connectivity index (χ4v) is 1.71. The van der Waals surface area contributed by atoms with Crippen LogP contribution < -0.4 is 10.1 Å². The lowest BCUT2D eigenvalue weighted by Crippen LogP contribution is -2.31. The van der Waals surface area contributed by atoms with Crippen LogP contribution in [0.15, 0.2) is 24.3 Å². The van der Waals surface area contributed by atoms with Crippen LogP contribution in [0.5, 0.6) is 5.75 Å². The maximum absolute atomic E-state index is 11.9. The molecule has 0 bridgehead atoms. The van der Waals surface area contributed by atoms with E-state index in [9.17, 15) is 18.4 Å². The number of halogens is 2. The molecular weight excluding hydrogens is 272 g/mol. The summed E-state index contributed by atoms with van der Waals surface area (Å²) in [4.78, 5) is 22.8. The Kier molecular flexibility index (Phi) is 3.87. The summed E-state index contributed by atoms with van der Waals surface area (Å²) in [5, 5.41) is 11.5. The Balaban J connectivity index is 1.94. The lowest BCUT2D eigenvalue weighted by Gasteiger charge is -2.11. The van der Waals surface area contributed by atoms with Gasteiger partial charge in [-0.2, -0.15) is 0 Å². The molecule has 0 saturated heterocycles. The quantitative estimate of drug-likeness (QED) is 0.785. The number of hydrogen-bond acceptors (Lipinski definition) is 3. The summed E-state index contributed by atoms with van der Waals surface area (Å²) >= 11 is 0. The first-order valence-corrected chi connectivity index (χ1v) is 6.00. The van der Waals surface area contributed by atoms with Crippen LogP contribution in [0, 0.1) is 5.41 Å². The van der Waals surface area contributed by atoms with Crippen molar-refractivity contribution in [1.82, 2.24) is 0 Å². The van der Waals surface area contributed by atoms with E-state index in [-0.39, 0.29) is 5.75 Å². The molecular formula is C13H13F2NO4. The van der Waals surface area contributed by atoms with E-state index < -0.39 is 30.3 Å². The van der Waals surface area contributed by atoms with Crippen LogP contribution in [-0.4, -0.2) is 30.0 Å². The number of alkyl halides is 2. The van der Waals surface area contributed by atoms with E-state index in [1.807, 2.05) is 0 Å². The normalized spacial score (nSPS) is 15.8. The van der Waals surface area contributed by atoms with Gasteiger partial charge in [0.2, 0.25) is 5.91 Å². The number of benzene rings is 1. The van der Waals surface area contributed by atoms with E-state index in [0.29, 0.717) is 18.5 Å². The highest BCUT2D eigenvalue weighted by Crippen LogP contribution is 2.46. The van der Waals surface area contributed by atoms with Crippen molar-refractivity contribution in [2.24, 2.45) is 5.41 Å². The second-order valence-electron chi connectivity index (χ2n) is 4.57. The number of aliphatic carboxylic acids is 1. The summed E-state index contributed by atoms with van der Waals surface area (Å²) in [5.41, 5.74) is -0.919. The Morgan fingerprint density at radius 1 is 1.30 bits per heavy atom. The molecule has 7 heteroatoms. The van der Waals surface area contributed by atoms with E-state index in [2.05, 4.69) is 5.32 Å². The predicted octanol–water partition coefficient (Wildman–Crippen LogP) is 2.13. The molecule has 1 aromatic rings. The summed E-state index contributed by atoms with van der Waals surface area (Å²) < 4.78 is 28.7. The molecule has 0 unspecified atom stereocenters. The molecule has 1 aromatic carbocycles. The first-order chi connectivity index (χ1) is 9.44. The van der Waals surface area contributed by atoms with Crippen molar-refractivity contribution in [3.63, 3.8) is 0 Å². The van der Waals surface area contributed by atoms with Crippen LogP contribution in [0.25, 0.3) is 0 Å². The van der Waals surface area contributed by atoms with Gasteiger partial charge in [-0.15, -0.1) is 0 Å². The molecule has 0 spiro atoms. The molecule has 108 valence electrons. The van der Waals surface area contributed by atoms with Crippen molar-refractivity contribution in [2.75, 3.05) is 11.9 Å². The minimum atomic E-state index is -2.56. The summed E-state index contributed by atoms with van der Waals surface area (Å²) in [6, 6.07) is 5.80. The van der Waals surface area contributed by atoms with E-state index >= 15 is 0 Å². The lowest BCUT2D eigenvalue weighted by molar-refractivity contribution is -0.147. The van der Waals surface area contributed by atoms with E-state index in [1.54, 1.807) is 0 Å². The van der Waals surface area contributed by atoms with Crippen molar-refractivity contribution < 1.29 is 28.2 Å². The van der Waals surface area contributed by atoms with Gasteiger partial charge in [0.15, 0.2) is 0 Å². The number of hydrogen-bond donors (Lipinski definition) is 2. The summed E-state index contributed by atoms with van der Waals surface area (Å²) in [7, 11) is 0. The topological polar surface area (TPSA) is 75.6 Å². The van der Waals surface area contributed by atoms with Crippen LogP contribution in [-0.2, 0) is 9.59 Å². The SMILES string of the molecule is O=C(O)C1(C(=O)Nc2ccc(OCC(F)F)cc2)CC1.